The molecule has 2 nitrogen and oxygen atoms in total. The van der Waals surface area contributed by atoms with Crippen molar-refractivity contribution in [3.05, 3.63) is 19.9 Å². The van der Waals surface area contributed by atoms with E-state index >= 15 is 0 Å². The van der Waals surface area contributed by atoms with Gasteiger partial charge in [-0.25, -0.2) is 0 Å². The van der Waals surface area contributed by atoms with Gasteiger partial charge in [0.25, 0.3) is 5.91 Å². The quantitative estimate of drug-likeness (QED) is 0.613. The van der Waals surface area contributed by atoms with Crippen molar-refractivity contribution in [1.29, 1.82) is 0 Å². The van der Waals surface area contributed by atoms with E-state index in [1.807, 2.05) is 11.4 Å². The van der Waals surface area contributed by atoms with E-state index in [0.717, 1.165) is 14.9 Å². The molecule has 0 aliphatic heterocycles. The molecule has 0 radical (unpaired) electrons. The number of alkyl halides is 1. The number of carbonyl (C=O) groups is 1. The van der Waals surface area contributed by atoms with Gasteiger partial charge in [-0.15, -0.1) is 22.9 Å². The standard InChI is InChI=1S/C12H17ClINOS/c1-12(2,3)5-9(13)6-15-11(16)8-4-10(14)17-7-8/h4,7,9H,5-6H2,1-3H3,(H,15,16). The lowest BCUT2D eigenvalue weighted by Gasteiger charge is -2.21. The van der Waals surface area contributed by atoms with Crippen LogP contribution >= 0.6 is 45.5 Å². The summed E-state index contributed by atoms with van der Waals surface area (Å²) in [5, 5.41) is 4.72. The van der Waals surface area contributed by atoms with Gasteiger partial charge in [0.15, 0.2) is 0 Å². The Labute approximate surface area is 125 Å². The van der Waals surface area contributed by atoms with E-state index in [2.05, 4.69) is 48.7 Å². The number of amides is 1. The van der Waals surface area contributed by atoms with E-state index in [4.69, 9.17) is 11.6 Å². The van der Waals surface area contributed by atoms with Crippen LogP contribution in [0.4, 0.5) is 0 Å². The molecule has 1 rings (SSSR count). The van der Waals surface area contributed by atoms with Gasteiger partial charge in [0, 0.05) is 11.9 Å². The highest BCUT2D eigenvalue weighted by atomic mass is 127. The molecule has 1 aromatic rings. The van der Waals surface area contributed by atoms with Crippen LogP contribution in [0.2, 0.25) is 0 Å². The summed E-state index contributed by atoms with van der Waals surface area (Å²) in [4.78, 5) is 11.8. The number of hydrogen-bond acceptors (Lipinski definition) is 2. The lowest BCUT2D eigenvalue weighted by atomic mass is 9.90. The van der Waals surface area contributed by atoms with Crippen molar-refractivity contribution < 1.29 is 4.79 Å². The molecule has 0 spiro atoms. The number of carbonyl (C=O) groups excluding carboxylic acids is 1. The van der Waals surface area contributed by atoms with E-state index in [9.17, 15) is 4.79 Å². The zero-order chi connectivity index (χ0) is 13.1. The van der Waals surface area contributed by atoms with Crippen LogP contribution in [0.15, 0.2) is 11.4 Å². The van der Waals surface area contributed by atoms with E-state index in [1.54, 1.807) is 11.3 Å². The first kappa shape index (κ1) is 15.2. The monoisotopic (exact) mass is 385 g/mol. The minimum Gasteiger partial charge on any atom is -0.351 e. The van der Waals surface area contributed by atoms with Crippen molar-refractivity contribution in [1.82, 2.24) is 5.32 Å². The van der Waals surface area contributed by atoms with Gasteiger partial charge in [0.05, 0.1) is 13.8 Å². The van der Waals surface area contributed by atoms with E-state index in [-0.39, 0.29) is 16.7 Å². The van der Waals surface area contributed by atoms with Crippen molar-refractivity contribution in [2.24, 2.45) is 5.41 Å². The molecule has 0 bridgehead atoms. The Morgan fingerprint density at radius 2 is 2.24 bits per heavy atom. The number of nitrogens with one attached hydrogen (secondary N) is 1. The third kappa shape index (κ3) is 6.06. The summed E-state index contributed by atoms with van der Waals surface area (Å²) in [7, 11) is 0. The zero-order valence-electron chi connectivity index (χ0n) is 10.2. The van der Waals surface area contributed by atoms with Crippen molar-refractivity contribution in [2.45, 2.75) is 32.6 Å². The first-order valence-electron chi connectivity index (χ1n) is 5.44. The molecule has 0 aliphatic rings. The molecule has 0 aromatic carbocycles. The van der Waals surface area contributed by atoms with Crippen LogP contribution in [0.25, 0.3) is 0 Å². The molecular formula is C12H17ClINOS. The second-order valence-electron chi connectivity index (χ2n) is 5.21. The minimum atomic E-state index is -0.0382. The van der Waals surface area contributed by atoms with Crippen LogP contribution in [0, 0.1) is 8.30 Å². The van der Waals surface area contributed by atoms with Gasteiger partial charge in [0.1, 0.15) is 0 Å². The Morgan fingerprint density at radius 3 is 2.71 bits per heavy atom. The lowest BCUT2D eigenvalue weighted by Crippen LogP contribution is -2.31. The Bertz CT molecular complexity index is 386. The third-order valence-electron chi connectivity index (χ3n) is 2.15. The minimum absolute atomic E-state index is 0.0170. The van der Waals surface area contributed by atoms with E-state index in [1.165, 1.54) is 0 Å². The highest BCUT2D eigenvalue weighted by Gasteiger charge is 2.17. The van der Waals surface area contributed by atoms with Gasteiger partial charge in [-0.2, -0.15) is 0 Å². The van der Waals surface area contributed by atoms with Gasteiger partial charge in [-0.05, 0) is 40.5 Å². The summed E-state index contributed by atoms with van der Waals surface area (Å²) in [5.41, 5.74) is 0.911. The van der Waals surface area contributed by atoms with Crippen molar-refractivity contribution in [3.8, 4) is 0 Å². The molecule has 1 N–H and O–H groups in total. The largest absolute Gasteiger partial charge is 0.351 e. The number of halogens is 2. The number of thiophene rings is 1. The second kappa shape index (κ2) is 6.38. The predicted molar refractivity (Wildman–Crippen MR) is 83.1 cm³/mol. The van der Waals surface area contributed by atoms with Crippen LogP contribution in [0.3, 0.4) is 0 Å². The van der Waals surface area contributed by atoms with Crippen LogP contribution in [-0.4, -0.2) is 17.8 Å². The van der Waals surface area contributed by atoms with Crippen molar-refractivity contribution in [2.75, 3.05) is 6.54 Å². The summed E-state index contributed by atoms with van der Waals surface area (Å²) in [6.07, 6.45) is 0.885. The molecule has 0 saturated carbocycles. The Kier molecular flexibility index (Phi) is 5.73. The third-order valence-corrected chi connectivity index (χ3v) is 4.25. The first-order chi connectivity index (χ1) is 7.78. The average Bonchev–Trinajstić information content (AvgIpc) is 2.58. The predicted octanol–water partition coefficient (Wildman–Crippen LogP) is 4.13. The highest BCUT2D eigenvalue weighted by molar-refractivity contribution is 14.1. The number of hydrogen-bond donors (Lipinski definition) is 1. The van der Waals surface area contributed by atoms with Gasteiger partial charge >= 0.3 is 0 Å². The molecule has 1 atom stereocenters. The molecule has 5 heteroatoms. The van der Waals surface area contributed by atoms with E-state index < -0.39 is 0 Å². The second-order valence-corrected chi connectivity index (χ2v) is 8.63. The molecule has 1 heterocycles. The normalized spacial score (nSPS) is 13.5. The summed E-state index contributed by atoms with van der Waals surface area (Å²) in [6.45, 7) is 6.95. The SMILES string of the molecule is CC(C)(C)CC(Cl)CNC(=O)c1csc(I)c1. The molecular weight excluding hydrogens is 369 g/mol. The summed E-state index contributed by atoms with van der Waals surface area (Å²) < 4.78 is 1.12. The van der Waals surface area contributed by atoms with Crippen molar-refractivity contribution in [3.63, 3.8) is 0 Å². The zero-order valence-corrected chi connectivity index (χ0v) is 13.9. The molecule has 1 amide bonds. The van der Waals surface area contributed by atoms with Crippen LogP contribution in [0.5, 0.6) is 0 Å². The molecule has 0 aliphatic carbocycles. The Morgan fingerprint density at radius 1 is 1.59 bits per heavy atom. The smallest absolute Gasteiger partial charge is 0.252 e. The highest BCUT2D eigenvalue weighted by Crippen LogP contribution is 2.23. The first-order valence-corrected chi connectivity index (χ1v) is 7.84. The van der Waals surface area contributed by atoms with Gasteiger partial charge in [-0.1, -0.05) is 20.8 Å². The maximum atomic E-state index is 11.8. The molecule has 0 saturated heterocycles. The fraction of sp³-hybridized carbons (Fsp3) is 0.583. The van der Waals surface area contributed by atoms with Gasteiger partial charge in [0.2, 0.25) is 0 Å². The summed E-state index contributed by atoms with van der Waals surface area (Å²) >= 11 is 9.96. The Hall–Kier alpha value is 0.190. The fourth-order valence-corrected chi connectivity index (χ4v) is 3.34. The average molecular weight is 386 g/mol. The van der Waals surface area contributed by atoms with Crippen molar-refractivity contribution >= 4 is 51.4 Å². The van der Waals surface area contributed by atoms with Gasteiger partial charge in [-0.3, -0.25) is 4.79 Å². The molecule has 1 aromatic heterocycles. The summed E-state index contributed by atoms with van der Waals surface area (Å²) in [5.74, 6) is -0.0382. The van der Waals surface area contributed by atoms with E-state index in [0.29, 0.717) is 6.54 Å². The molecule has 17 heavy (non-hydrogen) atoms. The molecule has 1 unspecified atom stereocenters. The summed E-state index contributed by atoms with van der Waals surface area (Å²) in [6, 6.07) is 1.88. The lowest BCUT2D eigenvalue weighted by molar-refractivity contribution is 0.0952. The number of rotatable bonds is 4. The maximum Gasteiger partial charge on any atom is 0.252 e. The maximum absolute atomic E-state index is 11.8. The van der Waals surface area contributed by atoms with Crippen LogP contribution < -0.4 is 5.32 Å². The van der Waals surface area contributed by atoms with Crippen LogP contribution in [-0.2, 0) is 0 Å². The molecule has 96 valence electrons. The fourth-order valence-electron chi connectivity index (χ4n) is 1.47. The van der Waals surface area contributed by atoms with Crippen LogP contribution in [0.1, 0.15) is 37.6 Å². The molecule has 0 fully saturated rings. The van der Waals surface area contributed by atoms with Gasteiger partial charge < -0.3 is 5.32 Å². The Balaban J connectivity index is 2.38. The topological polar surface area (TPSA) is 29.1 Å².